The molecule has 68 heavy (non-hydrogen) atoms. The molecule has 0 aliphatic carbocycles. The van der Waals surface area contributed by atoms with Gasteiger partial charge in [-0.15, -0.1) is 0 Å². The predicted molar refractivity (Wildman–Crippen MR) is 255 cm³/mol. The molecule has 358 valence electrons. The quantitative estimate of drug-likeness (QED) is 0.0296. The van der Waals surface area contributed by atoms with Gasteiger partial charge < -0.3 is 35.6 Å². The van der Waals surface area contributed by atoms with Crippen LogP contribution in [0, 0.1) is 18.7 Å². The molecule has 2 aliphatic heterocycles. The van der Waals surface area contributed by atoms with Crippen LogP contribution in [0.25, 0.3) is 0 Å². The maximum absolute atomic E-state index is 14.6. The molecule has 17 nitrogen and oxygen atoms in total. The summed E-state index contributed by atoms with van der Waals surface area (Å²) in [5, 5.41) is 14.8. The Hall–Kier alpha value is -7.12. The van der Waals surface area contributed by atoms with Crippen molar-refractivity contribution in [1.82, 2.24) is 30.8 Å². The molecule has 1 saturated heterocycles. The van der Waals surface area contributed by atoms with E-state index in [4.69, 9.17) is 9.47 Å². The molecule has 1 aromatic heterocycles. The van der Waals surface area contributed by atoms with Gasteiger partial charge >= 0.3 is 0 Å². The molecule has 19 heteroatoms. The average Bonchev–Trinajstić information content (AvgIpc) is 3.65. The molecule has 7 rings (SSSR count). The van der Waals surface area contributed by atoms with Crippen molar-refractivity contribution in [2.45, 2.75) is 84.4 Å². The highest BCUT2D eigenvalue weighted by atomic mass is 32.2. The Morgan fingerprint density at radius 2 is 1.66 bits per heavy atom. The lowest BCUT2D eigenvalue weighted by Crippen LogP contribution is -2.42. The van der Waals surface area contributed by atoms with Crippen molar-refractivity contribution in [3.8, 4) is 11.5 Å². The van der Waals surface area contributed by atoms with E-state index in [9.17, 15) is 32.0 Å². The summed E-state index contributed by atoms with van der Waals surface area (Å²) in [6.07, 6.45) is 3.27. The van der Waals surface area contributed by atoms with Crippen molar-refractivity contribution in [3.63, 3.8) is 0 Å². The van der Waals surface area contributed by atoms with Crippen LogP contribution in [0.2, 0.25) is 0 Å². The van der Waals surface area contributed by atoms with Crippen LogP contribution in [0.3, 0.4) is 0 Å². The van der Waals surface area contributed by atoms with Gasteiger partial charge in [-0.3, -0.25) is 29.2 Å². The highest BCUT2D eigenvalue weighted by molar-refractivity contribution is 7.94. The topological polar surface area (TPSA) is 222 Å². The standard InChI is InChI=1S/C49H56FN9O8S/c1-31-25-53-48(57-45(31)54-37-8-5-9-38(24-37)58-68(64,65)49(2,3)4)55-36-16-18-39(19-17-36)66-21-7-20-51-27-44(61)52-26-32-12-14-33(15-13-32)30-67-42-23-35(50)22-34-28-59(29-41(34)42)47(63)40-10-6-11-43(60)56-46(40)62/h5,8-9,12-19,22-25,40,51,58H,6-7,10-11,20-21,26-30H2,1-4H3,(H,52,61)(H,56,60,62)(H2,53,54,55,57)/t40-/m0/s1. The van der Waals surface area contributed by atoms with E-state index in [-0.39, 0.29) is 50.9 Å². The Bertz CT molecular complexity index is 2750. The third-order valence-corrected chi connectivity index (χ3v) is 13.4. The first kappa shape index (κ1) is 48.8. The Morgan fingerprint density at radius 1 is 0.912 bits per heavy atom. The number of ether oxygens (including phenoxy) is 2. The van der Waals surface area contributed by atoms with Crippen LogP contribution in [-0.2, 0) is 55.4 Å². The van der Waals surface area contributed by atoms with E-state index in [0.29, 0.717) is 78.3 Å². The van der Waals surface area contributed by atoms with Crippen LogP contribution in [0.5, 0.6) is 11.5 Å². The van der Waals surface area contributed by atoms with Crippen LogP contribution in [0.15, 0.2) is 91.1 Å². The monoisotopic (exact) mass is 949 g/mol. The van der Waals surface area contributed by atoms with Gasteiger partial charge in [0.2, 0.25) is 39.6 Å². The molecule has 2 aliphatic rings. The predicted octanol–water partition coefficient (Wildman–Crippen LogP) is 6.49. The highest BCUT2D eigenvalue weighted by Gasteiger charge is 2.37. The minimum atomic E-state index is -3.59. The first-order valence-corrected chi connectivity index (χ1v) is 23.8. The summed E-state index contributed by atoms with van der Waals surface area (Å²) < 4.78 is 53.5. The summed E-state index contributed by atoms with van der Waals surface area (Å²) in [6, 6.07) is 24.5. The van der Waals surface area contributed by atoms with Crippen LogP contribution < -0.4 is 40.8 Å². The van der Waals surface area contributed by atoms with Crippen molar-refractivity contribution < 1.29 is 41.5 Å². The number of imide groups is 1. The molecule has 5 aromatic rings. The Balaban J connectivity index is 0.780. The van der Waals surface area contributed by atoms with Crippen LogP contribution in [0.4, 0.5) is 33.2 Å². The van der Waals surface area contributed by atoms with E-state index >= 15 is 0 Å². The molecule has 4 aromatic carbocycles. The van der Waals surface area contributed by atoms with Gasteiger partial charge in [0.25, 0.3) is 0 Å². The van der Waals surface area contributed by atoms with Gasteiger partial charge in [-0.2, -0.15) is 4.98 Å². The van der Waals surface area contributed by atoms with E-state index in [1.165, 1.54) is 17.0 Å². The van der Waals surface area contributed by atoms with Gasteiger partial charge in [-0.05, 0) is 119 Å². The zero-order chi connectivity index (χ0) is 48.4. The number of amides is 4. The fourth-order valence-corrected chi connectivity index (χ4v) is 8.07. The molecule has 0 bridgehead atoms. The molecule has 6 N–H and O–H groups in total. The lowest BCUT2D eigenvalue weighted by Gasteiger charge is -2.21. The summed E-state index contributed by atoms with van der Waals surface area (Å²) in [7, 11) is -3.59. The molecule has 3 heterocycles. The minimum absolute atomic E-state index is 0.143. The average molecular weight is 950 g/mol. The summed E-state index contributed by atoms with van der Waals surface area (Å²) >= 11 is 0. The zero-order valence-corrected chi connectivity index (χ0v) is 39.2. The SMILES string of the molecule is Cc1cnc(Nc2ccc(OCCCNCC(=O)NCc3ccc(COc4cc(F)cc5c4CN(C(=O)[C@H]4CCCC(=O)NC4=O)C5)cc3)cc2)nc1Nc1cccc(NS(=O)(=O)C(C)(C)C)c1. The fourth-order valence-electron chi connectivity index (χ4n) is 7.33. The van der Waals surface area contributed by atoms with Gasteiger partial charge in [0.15, 0.2) is 0 Å². The molecule has 4 amide bonds. The van der Waals surface area contributed by atoms with E-state index in [0.717, 1.165) is 22.4 Å². The Morgan fingerprint density at radius 3 is 2.43 bits per heavy atom. The number of benzene rings is 4. The third kappa shape index (κ3) is 13.1. The van der Waals surface area contributed by atoms with E-state index in [2.05, 4.69) is 41.3 Å². The normalized spacial score (nSPS) is 14.9. The largest absolute Gasteiger partial charge is 0.494 e. The first-order chi connectivity index (χ1) is 32.5. The van der Waals surface area contributed by atoms with Gasteiger partial charge in [-0.25, -0.2) is 17.8 Å². The van der Waals surface area contributed by atoms with Crippen molar-refractivity contribution in [1.29, 1.82) is 0 Å². The van der Waals surface area contributed by atoms with Crippen LogP contribution >= 0.6 is 0 Å². The van der Waals surface area contributed by atoms with Crippen molar-refractivity contribution in [2.24, 2.45) is 5.92 Å². The fraction of sp³-hybridized carbons (Fsp3) is 0.347. The third-order valence-electron chi connectivity index (χ3n) is 11.3. The zero-order valence-electron chi connectivity index (χ0n) is 38.4. The Kier molecular flexibility index (Phi) is 15.6. The van der Waals surface area contributed by atoms with Gasteiger partial charge in [0.05, 0.1) is 30.1 Å². The van der Waals surface area contributed by atoms with Gasteiger partial charge in [0, 0.05) is 54.3 Å². The summed E-state index contributed by atoms with van der Waals surface area (Å²) in [6.45, 7) is 8.73. The number of hydrogen-bond donors (Lipinski definition) is 6. The molecular formula is C49H56FN9O8S. The number of carbonyl (C=O) groups excluding carboxylic acids is 4. The van der Waals surface area contributed by atoms with Gasteiger partial charge in [-0.1, -0.05) is 30.3 Å². The van der Waals surface area contributed by atoms with Crippen molar-refractivity contribution in [3.05, 3.63) is 125 Å². The second-order valence-corrected chi connectivity index (χ2v) is 20.1. The smallest absolute Gasteiger partial charge is 0.239 e. The number of aryl methyl sites for hydroxylation is 1. The maximum atomic E-state index is 14.6. The number of halogens is 1. The van der Waals surface area contributed by atoms with Crippen LogP contribution in [-0.4, -0.2) is 71.4 Å². The van der Waals surface area contributed by atoms with Crippen molar-refractivity contribution in [2.75, 3.05) is 35.1 Å². The Labute approximate surface area is 395 Å². The molecule has 1 atom stereocenters. The number of fused-ring (bicyclic) bond motifs is 1. The molecule has 0 unspecified atom stereocenters. The molecule has 0 spiro atoms. The van der Waals surface area contributed by atoms with Crippen LogP contribution in [0.1, 0.15) is 74.3 Å². The minimum Gasteiger partial charge on any atom is -0.494 e. The van der Waals surface area contributed by atoms with E-state index in [1.54, 1.807) is 45.2 Å². The number of rotatable bonds is 19. The number of anilines is 5. The number of aromatic nitrogens is 2. The summed E-state index contributed by atoms with van der Waals surface area (Å²) in [5.74, 6) is -1.06. The number of sulfonamides is 1. The summed E-state index contributed by atoms with van der Waals surface area (Å²) in [4.78, 5) is 60.6. The van der Waals surface area contributed by atoms with Gasteiger partial charge in [0.1, 0.15) is 35.7 Å². The maximum Gasteiger partial charge on any atom is 0.239 e. The highest BCUT2D eigenvalue weighted by Crippen LogP contribution is 2.34. The lowest BCUT2D eigenvalue weighted by atomic mass is 10.0. The lowest BCUT2D eigenvalue weighted by molar-refractivity contribution is -0.143. The molecule has 0 radical (unpaired) electrons. The second kappa shape index (κ2) is 21.7. The molecule has 1 fully saturated rings. The molecular weight excluding hydrogens is 894 g/mol. The molecule has 0 saturated carbocycles. The second-order valence-electron chi connectivity index (χ2n) is 17.7. The van der Waals surface area contributed by atoms with E-state index < -0.39 is 38.3 Å². The van der Waals surface area contributed by atoms with Crippen molar-refractivity contribution >= 4 is 62.5 Å². The number of carbonyl (C=O) groups is 4. The number of nitrogens with zero attached hydrogens (tertiary/aromatic N) is 3. The van der Waals surface area contributed by atoms with E-state index in [1.807, 2.05) is 61.5 Å². The number of nitrogens with one attached hydrogen (secondary N) is 6. The number of hydrogen-bond acceptors (Lipinski definition) is 13. The first-order valence-electron chi connectivity index (χ1n) is 22.3. The summed E-state index contributed by atoms with van der Waals surface area (Å²) in [5.41, 5.74) is 5.65.